The minimum absolute atomic E-state index is 0.165. The van der Waals surface area contributed by atoms with Gasteiger partial charge in [0.2, 0.25) is 5.91 Å². The Labute approximate surface area is 86.2 Å². The van der Waals surface area contributed by atoms with Gasteiger partial charge >= 0.3 is 0 Å². The van der Waals surface area contributed by atoms with Gasteiger partial charge < -0.3 is 4.90 Å². The molecule has 0 aromatic rings. The molecule has 0 aromatic heterocycles. The van der Waals surface area contributed by atoms with Gasteiger partial charge in [-0.2, -0.15) is 0 Å². The predicted molar refractivity (Wildman–Crippen MR) is 57.0 cm³/mol. The summed E-state index contributed by atoms with van der Waals surface area (Å²) in [6, 6.07) is 0.276. The summed E-state index contributed by atoms with van der Waals surface area (Å²) in [4.78, 5) is 13.5. The summed E-state index contributed by atoms with van der Waals surface area (Å²) in [5.74, 6) is 1.10. The maximum atomic E-state index is 11.6. The lowest BCUT2D eigenvalue weighted by Gasteiger charge is -2.28. The van der Waals surface area contributed by atoms with Crippen LogP contribution < -0.4 is 0 Å². The van der Waals surface area contributed by atoms with Crippen molar-refractivity contribution >= 4 is 17.5 Å². The van der Waals surface area contributed by atoms with E-state index in [0.29, 0.717) is 18.2 Å². The van der Waals surface area contributed by atoms with Gasteiger partial charge in [-0.3, -0.25) is 4.79 Å². The van der Waals surface area contributed by atoms with Crippen molar-refractivity contribution in [2.75, 3.05) is 12.4 Å². The topological polar surface area (TPSA) is 20.3 Å². The average Bonchev–Trinajstić information content (AvgIpc) is 1.99. The van der Waals surface area contributed by atoms with Crippen molar-refractivity contribution in [3.8, 4) is 0 Å². The molecular formula is C10H20ClNO. The van der Waals surface area contributed by atoms with Crippen LogP contribution in [0.5, 0.6) is 0 Å². The summed E-state index contributed by atoms with van der Waals surface area (Å²) in [5, 5.41) is 0. The van der Waals surface area contributed by atoms with Gasteiger partial charge in [-0.25, -0.2) is 0 Å². The standard InChI is InChI=1S/C10H20ClNO/c1-8(2)7-12(9(3)4)10(13)5-6-11/h8-9H,5-7H2,1-4H3. The number of amides is 1. The van der Waals surface area contributed by atoms with Crippen LogP contribution in [-0.4, -0.2) is 29.3 Å². The van der Waals surface area contributed by atoms with Crippen LogP contribution in [0, 0.1) is 5.92 Å². The molecule has 0 spiro atoms. The summed E-state index contributed by atoms with van der Waals surface area (Å²) in [7, 11) is 0. The van der Waals surface area contributed by atoms with Crippen molar-refractivity contribution in [1.29, 1.82) is 0 Å². The Kier molecular flexibility index (Phi) is 6.13. The van der Waals surface area contributed by atoms with Gasteiger partial charge in [0.1, 0.15) is 0 Å². The fourth-order valence-corrected chi connectivity index (χ4v) is 1.38. The van der Waals surface area contributed by atoms with Gasteiger partial charge in [-0.1, -0.05) is 13.8 Å². The first kappa shape index (κ1) is 12.8. The summed E-state index contributed by atoms with van der Waals surface area (Å²) in [6.07, 6.45) is 0.451. The third-order valence-corrected chi connectivity index (χ3v) is 2.00. The second kappa shape index (κ2) is 6.25. The fraction of sp³-hybridized carbons (Fsp3) is 0.900. The third-order valence-electron chi connectivity index (χ3n) is 1.81. The van der Waals surface area contributed by atoms with E-state index in [1.165, 1.54) is 0 Å². The highest BCUT2D eigenvalue weighted by Gasteiger charge is 2.16. The van der Waals surface area contributed by atoms with Crippen molar-refractivity contribution in [3.05, 3.63) is 0 Å². The molecule has 0 aromatic carbocycles. The zero-order valence-electron chi connectivity index (χ0n) is 9.01. The number of hydrogen-bond donors (Lipinski definition) is 0. The van der Waals surface area contributed by atoms with Crippen LogP contribution in [0.15, 0.2) is 0 Å². The Morgan fingerprint density at radius 2 is 1.85 bits per heavy atom. The molecule has 0 rings (SSSR count). The molecule has 0 radical (unpaired) electrons. The van der Waals surface area contributed by atoms with Crippen molar-refractivity contribution in [2.24, 2.45) is 5.92 Å². The molecule has 0 fully saturated rings. The van der Waals surface area contributed by atoms with Crippen LogP contribution in [0.3, 0.4) is 0 Å². The lowest BCUT2D eigenvalue weighted by molar-refractivity contribution is -0.133. The summed E-state index contributed by atoms with van der Waals surface area (Å²) >= 11 is 5.53. The SMILES string of the molecule is CC(C)CN(C(=O)CCCl)C(C)C. The Hall–Kier alpha value is -0.240. The van der Waals surface area contributed by atoms with Crippen LogP contribution >= 0.6 is 11.6 Å². The number of alkyl halides is 1. The predicted octanol–water partition coefficient (Wildman–Crippen LogP) is 2.51. The first-order chi connectivity index (χ1) is 5.99. The summed E-state index contributed by atoms with van der Waals surface area (Å²) in [5.41, 5.74) is 0. The molecule has 0 saturated heterocycles. The van der Waals surface area contributed by atoms with Gasteiger partial charge in [-0.05, 0) is 19.8 Å². The largest absolute Gasteiger partial charge is 0.340 e. The average molecular weight is 206 g/mol. The maximum absolute atomic E-state index is 11.6. The van der Waals surface area contributed by atoms with Crippen molar-refractivity contribution in [3.63, 3.8) is 0 Å². The molecule has 0 atom stereocenters. The number of rotatable bonds is 5. The highest BCUT2D eigenvalue weighted by atomic mass is 35.5. The molecule has 0 saturated carbocycles. The monoisotopic (exact) mass is 205 g/mol. The van der Waals surface area contributed by atoms with Gasteiger partial charge in [-0.15, -0.1) is 11.6 Å². The number of carbonyl (C=O) groups is 1. The van der Waals surface area contributed by atoms with Crippen molar-refractivity contribution < 1.29 is 4.79 Å². The fourth-order valence-electron chi connectivity index (χ4n) is 1.22. The minimum atomic E-state index is 0.165. The van der Waals surface area contributed by atoms with E-state index in [1.54, 1.807) is 0 Å². The zero-order chi connectivity index (χ0) is 10.4. The number of nitrogens with zero attached hydrogens (tertiary/aromatic N) is 1. The summed E-state index contributed by atoms with van der Waals surface area (Å²) < 4.78 is 0. The van der Waals surface area contributed by atoms with Crippen LogP contribution in [-0.2, 0) is 4.79 Å². The lowest BCUT2D eigenvalue weighted by Crippen LogP contribution is -2.39. The van der Waals surface area contributed by atoms with Crippen molar-refractivity contribution in [1.82, 2.24) is 4.90 Å². The first-order valence-electron chi connectivity index (χ1n) is 4.84. The molecule has 13 heavy (non-hydrogen) atoms. The van der Waals surface area contributed by atoms with Gasteiger partial charge in [0.25, 0.3) is 0 Å². The van der Waals surface area contributed by atoms with Crippen LogP contribution in [0.1, 0.15) is 34.1 Å². The Bertz CT molecular complexity index is 157. The lowest BCUT2D eigenvalue weighted by atomic mass is 10.1. The number of hydrogen-bond acceptors (Lipinski definition) is 1. The molecule has 78 valence electrons. The molecule has 0 N–H and O–H groups in total. The normalized spacial score (nSPS) is 11.0. The van der Waals surface area contributed by atoms with E-state index in [4.69, 9.17) is 11.6 Å². The van der Waals surface area contributed by atoms with E-state index in [1.807, 2.05) is 18.7 Å². The second-order valence-corrected chi connectivity index (χ2v) is 4.35. The highest BCUT2D eigenvalue weighted by Crippen LogP contribution is 2.06. The first-order valence-corrected chi connectivity index (χ1v) is 5.38. The van der Waals surface area contributed by atoms with E-state index in [0.717, 1.165) is 6.54 Å². The van der Waals surface area contributed by atoms with Gasteiger partial charge in [0, 0.05) is 24.9 Å². The van der Waals surface area contributed by atoms with Crippen LogP contribution in [0.4, 0.5) is 0 Å². The van der Waals surface area contributed by atoms with E-state index in [2.05, 4.69) is 13.8 Å². The minimum Gasteiger partial charge on any atom is -0.340 e. The molecule has 3 heteroatoms. The quantitative estimate of drug-likeness (QED) is 0.632. The Balaban J connectivity index is 4.15. The molecule has 0 heterocycles. The molecule has 0 aliphatic carbocycles. The molecule has 2 nitrogen and oxygen atoms in total. The van der Waals surface area contributed by atoms with Gasteiger partial charge in [0.05, 0.1) is 0 Å². The van der Waals surface area contributed by atoms with E-state index >= 15 is 0 Å². The Morgan fingerprint density at radius 1 is 1.31 bits per heavy atom. The third kappa shape index (κ3) is 5.14. The molecule has 1 amide bonds. The smallest absolute Gasteiger partial charge is 0.224 e. The van der Waals surface area contributed by atoms with Crippen LogP contribution in [0.25, 0.3) is 0 Å². The molecule has 0 bridgehead atoms. The molecule has 0 unspecified atom stereocenters. The maximum Gasteiger partial charge on any atom is 0.224 e. The van der Waals surface area contributed by atoms with Gasteiger partial charge in [0.15, 0.2) is 0 Å². The van der Waals surface area contributed by atoms with E-state index in [-0.39, 0.29) is 11.9 Å². The molecular weight excluding hydrogens is 186 g/mol. The van der Waals surface area contributed by atoms with Crippen molar-refractivity contribution in [2.45, 2.75) is 40.2 Å². The molecule has 0 aliphatic rings. The van der Waals surface area contributed by atoms with E-state index in [9.17, 15) is 4.79 Å². The second-order valence-electron chi connectivity index (χ2n) is 3.97. The molecule has 0 aliphatic heterocycles. The highest BCUT2D eigenvalue weighted by molar-refractivity contribution is 6.18. The zero-order valence-corrected chi connectivity index (χ0v) is 9.77. The van der Waals surface area contributed by atoms with Crippen LogP contribution in [0.2, 0.25) is 0 Å². The Morgan fingerprint density at radius 3 is 2.15 bits per heavy atom. The number of carbonyl (C=O) groups excluding carboxylic acids is 1. The van der Waals surface area contributed by atoms with E-state index < -0.39 is 0 Å². The number of halogens is 1. The summed E-state index contributed by atoms with van der Waals surface area (Å²) in [6.45, 7) is 9.13.